The van der Waals surface area contributed by atoms with Crippen molar-refractivity contribution in [2.75, 3.05) is 25.5 Å². The summed E-state index contributed by atoms with van der Waals surface area (Å²) in [6.45, 7) is 1.86. The number of amides is 2. The summed E-state index contributed by atoms with van der Waals surface area (Å²) in [5.74, 6) is 0. The molecule has 1 aromatic rings. The number of likely N-dealkylation sites (N-methyl/N-ethyl adjacent to an activating group) is 1. The Morgan fingerprint density at radius 3 is 2.67 bits per heavy atom. The van der Waals surface area contributed by atoms with Crippen molar-refractivity contribution in [3.8, 4) is 0 Å². The quantitative estimate of drug-likeness (QED) is 0.821. The Bertz CT molecular complexity index is 434. The summed E-state index contributed by atoms with van der Waals surface area (Å²) in [6.07, 6.45) is 0.960. The summed E-state index contributed by atoms with van der Waals surface area (Å²) in [7, 11) is 2.03. The maximum atomic E-state index is 11.8. The molecule has 2 N–H and O–H groups in total. The number of nitrogens with zero attached hydrogens (tertiary/aromatic N) is 2. The molecule has 18 heavy (non-hydrogen) atoms. The van der Waals surface area contributed by atoms with Gasteiger partial charge in [-0.1, -0.05) is 23.2 Å². The Kier molecular flexibility index (Phi) is 4.27. The van der Waals surface area contributed by atoms with Gasteiger partial charge in [-0.05, 0) is 32.1 Å². The molecule has 2 rings (SSSR count). The van der Waals surface area contributed by atoms with Crippen molar-refractivity contribution in [3.63, 3.8) is 0 Å². The fourth-order valence-electron chi connectivity index (χ4n) is 1.94. The highest BCUT2D eigenvalue weighted by Gasteiger charge is 2.20. The van der Waals surface area contributed by atoms with E-state index in [0.29, 0.717) is 5.69 Å². The van der Waals surface area contributed by atoms with Crippen molar-refractivity contribution in [2.24, 2.45) is 0 Å². The van der Waals surface area contributed by atoms with Gasteiger partial charge in [0.2, 0.25) is 0 Å². The van der Waals surface area contributed by atoms with Crippen LogP contribution in [0.15, 0.2) is 12.1 Å². The van der Waals surface area contributed by atoms with Crippen molar-refractivity contribution in [3.05, 3.63) is 22.4 Å². The lowest BCUT2D eigenvalue weighted by atomic mass is 10.3. The molecule has 98 valence electrons. The van der Waals surface area contributed by atoms with Crippen LogP contribution in [-0.4, -0.2) is 42.1 Å². The molecule has 0 aromatic carbocycles. The van der Waals surface area contributed by atoms with Crippen molar-refractivity contribution in [1.29, 1.82) is 0 Å². The first-order valence-electron chi connectivity index (χ1n) is 5.62. The average Bonchev–Trinajstić information content (AvgIpc) is 2.61. The van der Waals surface area contributed by atoms with Gasteiger partial charge in [-0.25, -0.2) is 9.78 Å². The normalized spacial score (nSPS) is 19.8. The van der Waals surface area contributed by atoms with E-state index in [0.717, 1.165) is 19.5 Å². The number of halogens is 2. The summed E-state index contributed by atoms with van der Waals surface area (Å²) in [5, 5.41) is 6.08. The topological polar surface area (TPSA) is 57.3 Å². The van der Waals surface area contributed by atoms with E-state index < -0.39 is 0 Å². The predicted molar refractivity (Wildman–Crippen MR) is 72.3 cm³/mol. The number of urea groups is 1. The average molecular weight is 289 g/mol. The van der Waals surface area contributed by atoms with E-state index in [1.165, 1.54) is 0 Å². The van der Waals surface area contributed by atoms with Crippen LogP contribution in [0.25, 0.3) is 0 Å². The number of hydrogen-bond donors (Lipinski definition) is 2. The van der Waals surface area contributed by atoms with Crippen molar-refractivity contribution in [1.82, 2.24) is 15.2 Å². The van der Waals surface area contributed by atoms with Crippen LogP contribution in [0.5, 0.6) is 0 Å². The molecule has 7 heteroatoms. The number of likely N-dealkylation sites (tertiary alicyclic amines) is 1. The van der Waals surface area contributed by atoms with Crippen LogP contribution >= 0.6 is 23.2 Å². The third kappa shape index (κ3) is 3.73. The summed E-state index contributed by atoms with van der Waals surface area (Å²) >= 11 is 11.5. The Morgan fingerprint density at radius 2 is 2.11 bits per heavy atom. The summed E-state index contributed by atoms with van der Waals surface area (Å²) in [6, 6.07) is 3.03. The second-order valence-electron chi connectivity index (χ2n) is 4.35. The van der Waals surface area contributed by atoms with Crippen molar-refractivity contribution < 1.29 is 4.79 Å². The standard InChI is InChI=1S/C11H14Cl2N4O/c1-17-3-2-7(6-17)14-11(18)15-8-4-9(12)16-10(13)5-8/h4-5,7H,2-3,6H2,1H3,(H2,14,15,16,18)/t7-/m1/s1. The highest BCUT2D eigenvalue weighted by molar-refractivity contribution is 6.32. The van der Waals surface area contributed by atoms with Crippen LogP contribution in [0.1, 0.15) is 6.42 Å². The van der Waals surface area contributed by atoms with E-state index >= 15 is 0 Å². The maximum Gasteiger partial charge on any atom is 0.319 e. The first-order valence-corrected chi connectivity index (χ1v) is 6.37. The van der Waals surface area contributed by atoms with Crippen LogP contribution in [0.4, 0.5) is 10.5 Å². The molecule has 5 nitrogen and oxygen atoms in total. The molecular formula is C11H14Cl2N4O. The molecule has 2 amide bonds. The van der Waals surface area contributed by atoms with Crippen LogP contribution in [-0.2, 0) is 0 Å². The molecule has 0 bridgehead atoms. The monoisotopic (exact) mass is 288 g/mol. The number of nitrogens with one attached hydrogen (secondary N) is 2. The molecule has 0 aliphatic carbocycles. The van der Waals surface area contributed by atoms with Gasteiger partial charge < -0.3 is 15.5 Å². The van der Waals surface area contributed by atoms with Gasteiger partial charge in [-0.3, -0.25) is 0 Å². The number of carbonyl (C=O) groups is 1. The number of carbonyl (C=O) groups excluding carboxylic acids is 1. The fraction of sp³-hybridized carbons (Fsp3) is 0.455. The molecule has 1 aliphatic heterocycles. The number of hydrogen-bond acceptors (Lipinski definition) is 3. The largest absolute Gasteiger partial charge is 0.334 e. The van der Waals surface area contributed by atoms with Crippen molar-refractivity contribution in [2.45, 2.75) is 12.5 Å². The van der Waals surface area contributed by atoms with E-state index in [-0.39, 0.29) is 22.4 Å². The molecule has 0 spiro atoms. The maximum absolute atomic E-state index is 11.8. The van der Waals surface area contributed by atoms with Gasteiger partial charge in [-0.15, -0.1) is 0 Å². The zero-order chi connectivity index (χ0) is 13.1. The van der Waals surface area contributed by atoms with Gasteiger partial charge in [0.15, 0.2) is 0 Å². The van der Waals surface area contributed by atoms with E-state index in [1.54, 1.807) is 12.1 Å². The number of anilines is 1. The lowest BCUT2D eigenvalue weighted by Gasteiger charge is -2.13. The first-order chi connectivity index (χ1) is 8.52. The second kappa shape index (κ2) is 5.73. The van der Waals surface area contributed by atoms with E-state index in [4.69, 9.17) is 23.2 Å². The SMILES string of the molecule is CN1CC[C@@H](NC(=O)Nc2cc(Cl)nc(Cl)c2)C1. The number of pyridine rings is 1. The van der Waals surface area contributed by atoms with Crippen LogP contribution in [0.2, 0.25) is 10.3 Å². The minimum absolute atomic E-state index is 0.183. The Hall–Kier alpha value is -1.04. The van der Waals surface area contributed by atoms with Gasteiger partial charge in [0.25, 0.3) is 0 Å². The minimum Gasteiger partial charge on any atom is -0.334 e. The molecule has 0 radical (unpaired) electrons. The predicted octanol–water partition coefficient (Wildman–Crippen LogP) is 2.21. The van der Waals surface area contributed by atoms with Gasteiger partial charge >= 0.3 is 6.03 Å². The lowest BCUT2D eigenvalue weighted by Crippen LogP contribution is -2.39. The Balaban J connectivity index is 1.90. The van der Waals surface area contributed by atoms with E-state index in [1.807, 2.05) is 7.05 Å². The fourth-order valence-corrected chi connectivity index (χ4v) is 2.40. The van der Waals surface area contributed by atoms with Gasteiger partial charge in [0.05, 0.1) is 0 Å². The number of aromatic nitrogens is 1. The van der Waals surface area contributed by atoms with E-state index in [9.17, 15) is 4.79 Å². The Morgan fingerprint density at radius 1 is 1.44 bits per heavy atom. The summed E-state index contributed by atoms with van der Waals surface area (Å²) < 4.78 is 0. The van der Waals surface area contributed by atoms with Crippen LogP contribution in [0.3, 0.4) is 0 Å². The van der Waals surface area contributed by atoms with Gasteiger partial charge in [0, 0.05) is 18.3 Å². The van der Waals surface area contributed by atoms with Gasteiger partial charge in [0.1, 0.15) is 10.3 Å². The molecule has 1 saturated heterocycles. The summed E-state index contributed by atoms with van der Waals surface area (Å²) in [4.78, 5) is 17.7. The molecule has 1 aromatic heterocycles. The van der Waals surface area contributed by atoms with Crippen LogP contribution < -0.4 is 10.6 Å². The molecule has 0 unspecified atom stereocenters. The first kappa shape index (κ1) is 13.4. The molecule has 2 heterocycles. The van der Waals surface area contributed by atoms with Gasteiger partial charge in [-0.2, -0.15) is 0 Å². The van der Waals surface area contributed by atoms with Crippen molar-refractivity contribution >= 4 is 34.9 Å². The molecule has 1 fully saturated rings. The van der Waals surface area contributed by atoms with Crippen LogP contribution in [0, 0.1) is 0 Å². The molecule has 1 aliphatic rings. The number of rotatable bonds is 2. The zero-order valence-electron chi connectivity index (χ0n) is 9.91. The molecule has 1 atom stereocenters. The zero-order valence-corrected chi connectivity index (χ0v) is 11.4. The lowest BCUT2D eigenvalue weighted by molar-refractivity contribution is 0.248. The highest BCUT2D eigenvalue weighted by Crippen LogP contribution is 2.18. The molecular weight excluding hydrogens is 275 g/mol. The van der Waals surface area contributed by atoms with E-state index in [2.05, 4.69) is 20.5 Å². The second-order valence-corrected chi connectivity index (χ2v) is 5.12. The Labute approximate surface area is 115 Å². The summed E-state index contributed by atoms with van der Waals surface area (Å²) in [5.41, 5.74) is 0.531. The highest BCUT2D eigenvalue weighted by atomic mass is 35.5. The molecule has 0 saturated carbocycles. The third-order valence-electron chi connectivity index (χ3n) is 2.75. The minimum atomic E-state index is -0.256. The smallest absolute Gasteiger partial charge is 0.319 e. The third-order valence-corrected chi connectivity index (χ3v) is 3.13.